The number of para-hydroxylation sites is 1. The summed E-state index contributed by atoms with van der Waals surface area (Å²) in [5, 5.41) is 12.0. The van der Waals surface area contributed by atoms with Crippen LogP contribution in [0.2, 0.25) is 0 Å². The zero-order chi connectivity index (χ0) is 22.3. The highest BCUT2D eigenvalue weighted by atomic mass is 32.2. The molecule has 0 bridgehead atoms. The van der Waals surface area contributed by atoms with Gasteiger partial charge in [0.1, 0.15) is 0 Å². The third kappa shape index (κ3) is 5.50. The number of carbonyl (C=O) groups is 2. The molecule has 0 fully saturated rings. The Balaban J connectivity index is 1.69. The van der Waals surface area contributed by atoms with Crippen molar-refractivity contribution in [2.75, 3.05) is 5.32 Å². The fourth-order valence-corrected chi connectivity index (χ4v) is 4.76. The number of hydroxylamine groups is 1. The van der Waals surface area contributed by atoms with E-state index in [-0.39, 0.29) is 23.6 Å². The molecule has 31 heavy (non-hydrogen) atoms. The van der Waals surface area contributed by atoms with Crippen LogP contribution in [-0.2, 0) is 19.6 Å². The van der Waals surface area contributed by atoms with Gasteiger partial charge in [-0.15, -0.1) is 0 Å². The summed E-state index contributed by atoms with van der Waals surface area (Å²) in [6, 6.07) is 15.1. The number of fused-ring (bicyclic) bond motifs is 1. The van der Waals surface area contributed by atoms with E-state index in [1.54, 1.807) is 47.9 Å². The number of carbonyl (C=O) groups excluding carboxylic acids is 2. The fraction of sp³-hybridized carbons (Fsp3) is 0.273. The Bertz CT molecular complexity index is 1160. The SMILES string of the molecule is O=C(CCCCCCC(=O)Nc1cccc2ccn(S(=O)(=O)c3ccccc3)c12)NO. The summed E-state index contributed by atoms with van der Waals surface area (Å²) in [7, 11) is -3.80. The summed E-state index contributed by atoms with van der Waals surface area (Å²) in [4.78, 5) is 23.6. The topological polar surface area (TPSA) is 118 Å². The molecular weight excluding hydrogens is 418 g/mol. The molecule has 1 aromatic heterocycles. The van der Waals surface area contributed by atoms with Crippen molar-refractivity contribution >= 4 is 38.4 Å². The summed E-state index contributed by atoms with van der Waals surface area (Å²) in [6.07, 6.45) is 4.85. The van der Waals surface area contributed by atoms with Crippen LogP contribution < -0.4 is 10.8 Å². The number of unbranched alkanes of at least 4 members (excludes halogenated alkanes) is 3. The van der Waals surface area contributed by atoms with Gasteiger partial charge in [0.2, 0.25) is 11.8 Å². The molecule has 2 amide bonds. The maximum atomic E-state index is 13.1. The molecule has 0 unspecified atom stereocenters. The van der Waals surface area contributed by atoms with Crippen LogP contribution in [0.3, 0.4) is 0 Å². The third-order valence-electron chi connectivity index (χ3n) is 4.93. The van der Waals surface area contributed by atoms with Gasteiger partial charge in [0.25, 0.3) is 10.0 Å². The number of aromatic nitrogens is 1. The fourth-order valence-electron chi connectivity index (χ4n) is 3.36. The van der Waals surface area contributed by atoms with Gasteiger partial charge in [-0.2, -0.15) is 0 Å². The van der Waals surface area contributed by atoms with E-state index in [0.29, 0.717) is 29.4 Å². The number of nitrogens with one attached hydrogen (secondary N) is 2. The van der Waals surface area contributed by atoms with Gasteiger partial charge in [-0.05, 0) is 37.1 Å². The lowest BCUT2D eigenvalue weighted by molar-refractivity contribution is -0.129. The second-order valence-corrected chi connectivity index (χ2v) is 8.99. The van der Waals surface area contributed by atoms with Crippen molar-refractivity contribution in [3.05, 3.63) is 60.8 Å². The molecular formula is C22H25N3O5S. The van der Waals surface area contributed by atoms with Crippen molar-refractivity contribution in [2.24, 2.45) is 0 Å². The Labute approximate surface area is 180 Å². The van der Waals surface area contributed by atoms with Crippen LogP contribution in [0.5, 0.6) is 0 Å². The first-order valence-electron chi connectivity index (χ1n) is 10.1. The van der Waals surface area contributed by atoms with Gasteiger partial charge in [-0.25, -0.2) is 17.9 Å². The Kier molecular flexibility index (Phi) is 7.43. The van der Waals surface area contributed by atoms with Crippen molar-refractivity contribution in [2.45, 2.75) is 43.4 Å². The quantitative estimate of drug-likeness (QED) is 0.251. The molecule has 3 aromatic rings. The molecule has 0 saturated heterocycles. The van der Waals surface area contributed by atoms with Gasteiger partial charge in [-0.3, -0.25) is 14.8 Å². The highest BCUT2D eigenvalue weighted by Crippen LogP contribution is 2.28. The van der Waals surface area contributed by atoms with Crippen LogP contribution in [0.15, 0.2) is 65.7 Å². The Morgan fingerprint density at radius 1 is 0.839 bits per heavy atom. The molecule has 0 spiro atoms. The summed E-state index contributed by atoms with van der Waals surface area (Å²) < 4.78 is 27.4. The predicted molar refractivity (Wildman–Crippen MR) is 117 cm³/mol. The second-order valence-electron chi connectivity index (χ2n) is 7.17. The smallest absolute Gasteiger partial charge is 0.268 e. The van der Waals surface area contributed by atoms with Crippen LogP contribution in [0.1, 0.15) is 38.5 Å². The van der Waals surface area contributed by atoms with Crippen molar-refractivity contribution in [1.29, 1.82) is 0 Å². The molecule has 1 heterocycles. The molecule has 3 rings (SSSR count). The monoisotopic (exact) mass is 443 g/mol. The lowest BCUT2D eigenvalue weighted by atomic mass is 10.1. The first kappa shape index (κ1) is 22.5. The van der Waals surface area contributed by atoms with Gasteiger partial charge >= 0.3 is 0 Å². The number of benzene rings is 2. The van der Waals surface area contributed by atoms with E-state index in [1.165, 1.54) is 22.3 Å². The van der Waals surface area contributed by atoms with E-state index in [9.17, 15) is 18.0 Å². The predicted octanol–water partition coefficient (Wildman–Crippen LogP) is 3.66. The number of nitrogens with zero attached hydrogens (tertiary/aromatic N) is 1. The molecule has 164 valence electrons. The maximum absolute atomic E-state index is 13.1. The first-order chi connectivity index (χ1) is 14.9. The lowest BCUT2D eigenvalue weighted by Crippen LogP contribution is -2.17. The minimum Gasteiger partial charge on any atom is -0.324 e. The summed E-state index contributed by atoms with van der Waals surface area (Å²) >= 11 is 0. The van der Waals surface area contributed by atoms with Crippen LogP contribution in [0.25, 0.3) is 10.9 Å². The van der Waals surface area contributed by atoms with Crippen LogP contribution in [0.4, 0.5) is 5.69 Å². The van der Waals surface area contributed by atoms with Gasteiger partial charge in [0.05, 0.1) is 16.1 Å². The van der Waals surface area contributed by atoms with E-state index in [4.69, 9.17) is 5.21 Å². The molecule has 0 aliphatic carbocycles. The minimum absolute atomic E-state index is 0.170. The molecule has 9 heteroatoms. The number of anilines is 1. The minimum atomic E-state index is -3.80. The summed E-state index contributed by atoms with van der Waals surface area (Å²) in [5.41, 5.74) is 2.45. The summed E-state index contributed by atoms with van der Waals surface area (Å²) in [5.74, 6) is -0.621. The van der Waals surface area contributed by atoms with Crippen LogP contribution >= 0.6 is 0 Å². The number of rotatable bonds is 10. The zero-order valence-electron chi connectivity index (χ0n) is 17.0. The Morgan fingerprint density at radius 3 is 2.19 bits per heavy atom. The molecule has 0 saturated carbocycles. The Hall–Kier alpha value is -3.17. The largest absolute Gasteiger partial charge is 0.324 e. The average Bonchev–Trinajstić information content (AvgIpc) is 3.22. The molecule has 0 atom stereocenters. The summed E-state index contributed by atoms with van der Waals surface area (Å²) in [6.45, 7) is 0. The average molecular weight is 444 g/mol. The van der Waals surface area contributed by atoms with Gasteiger partial charge in [-0.1, -0.05) is 43.2 Å². The number of amides is 2. The normalized spacial score (nSPS) is 11.4. The highest BCUT2D eigenvalue weighted by molar-refractivity contribution is 7.90. The molecule has 0 radical (unpaired) electrons. The van der Waals surface area contributed by atoms with E-state index < -0.39 is 15.9 Å². The zero-order valence-corrected chi connectivity index (χ0v) is 17.8. The van der Waals surface area contributed by atoms with E-state index >= 15 is 0 Å². The maximum Gasteiger partial charge on any atom is 0.268 e. The van der Waals surface area contributed by atoms with Gasteiger partial charge < -0.3 is 5.32 Å². The second kappa shape index (κ2) is 10.2. The number of hydrogen-bond acceptors (Lipinski definition) is 5. The van der Waals surface area contributed by atoms with Crippen LogP contribution in [0, 0.1) is 0 Å². The lowest BCUT2D eigenvalue weighted by Gasteiger charge is -2.12. The van der Waals surface area contributed by atoms with Gasteiger partial charge in [0.15, 0.2) is 0 Å². The van der Waals surface area contributed by atoms with Crippen LogP contribution in [-0.4, -0.2) is 29.4 Å². The standard InChI is InChI=1S/C22H25N3O5S/c26-20(13-6-1-2-7-14-21(27)24-28)23-19-12-8-9-17-15-16-25(22(17)19)31(29,30)18-10-4-3-5-11-18/h3-5,8-12,15-16,28H,1-2,6-7,13-14H2,(H,23,26)(H,24,27). The third-order valence-corrected chi connectivity index (χ3v) is 6.62. The highest BCUT2D eigenvalue weighted by Gasteiger charge is 2.20. The molecule has 8 nitrogen and oxygen atoms in total. The van der Waals surface area contributed by atoms with E-state index in [0.717, 1.165) is 12.8 Å². The van der Waals surface area contributed by atoms with Crippen molar-refractivity contribution in [3.8, 4) is 0 Å². The first-order valence-corrected chi connectivity index (χ1v) is 11.5. The molecule has 3 N–H and O–H groups in total. The molecule has 0 aliphatic rings. The Morgan fingerprint density at radius 2 is 1.52 bits per heavy atom. The number of hydrogen-bond donors (Lipinski definition) is 3. The molecule has 2 aromatic carbocycles. The van der Waals surface area contributed by atoms with E-state index in [1.807, 2.05) is 0 Å². The van der Waals surface area contributed by atoms with Crippen molar-refractivity contribution in [1.82, 2.24) is 9.45 Å². The van der Waals surface area contributed by atoms with Gasteiger partial charge in [0, 0.05) is 24.4 Å². The van der Waals surface area contributed by atoms with E-state index in [2.05, 4.69) is 5.32 Å². The van der Waals surface area contributed by atoms with Crippen molar-refractivity contribution in [3.63, 3.8) is 0 Å². The van der Waals surface area contributed by atoms with Crippen molar-refractivity contribution < 1.29 is 23.2 Å². The molecule has 0 aliphatic heterocycles.